The van der Waals surface area contributed by atoms with Gasteiger partial charge in [0.05, 0.1) is 0 Å². The van der Waals surface area contributed by atoms with Crippen molar-refractivity contribution in [2.75, 3.05) is 7.05 Å². The highest BCUT2D eigenvalue weighted by molar-refractivity contribution is 14.1. The molecule has 0 saturated carbocycles. The summed E-state index contributed by atoms with van der Waals surface area (Å²) in [5.41, 5.74) is -1.79. The highest BCUT2D eigenvalue weighted by Gasteiger charge is 2.48. The maximum absolute atomic E-state index is 12.4. The molecule has 0 heterocycles. The largest absolute Gasteiger partial charge is 0.479 e. The van der Waals surface area contributed by atoms with Crippen LogP contribution in [0.1, 0.15) is 26.3 Å². The normalized spacial score (nSPS) is 14.3. The molecule has 1 atom stereocenters. The number of esters is 1. The van der Waals surface area contributed by atoms with Crippen molar-refractivity contribution in [1.82, 2.24) is 5.32 Å². The standard InChI is InChI=1S/C15H20INO4/c1-14(2,3)21-13(20)15(17-4,12(18)19)9-10-5-7-11(16)8-6-10/h5-8,17H,9H2,1-4H3,(H,18,19)/t15-/m0/s1. The molecule has 5 nitrogen and oxygen atoms in total. The lowest BCUT2D eigenvalue weighted by Gasteiger charge is -2.31. The Morgan fingerprint density at radius 1 is 1.24 bits per heavy atom. The Kier molecular flexibility index (Phi) is 5.75. The van der Waals surface area contributed by atoms with Crippen LogP contribution in [0.4, 0.5) is 0 Å². The molecule has 0 aliphatic heterocycles. The molecule has 0 fully saturated rings. The monoisotopic (exact) mass is 405 g/mol. The van der Waals surface area contributed by atoms with Crippen molar-refractivity contribution >= 4 is 34.5 Å². The third kappa shape index (κ3) is 4.67. The molecule has 1 aromatic rings. The average molecular weight is 405 g/mol. The second kappa shape index (κ2) is 6.74. The van der Waals surface area contributed by atoms with E-state index in [9.17, 15) is 14.7 Å². The van der Waals surface area contributed by atoms with Crippen LogP contribution in [0, 0.1) is 3.57 Å². The molecule has 1 rings (SSSR count). The number of carbonyl (C=O) groups is 2. The molecule has 0 saturated heterocycles. The van der Waals surface area contributed by atoms with Gasteiger partial charge in [-0.25, -0.2) is 9.59 Å². The number of aliphatic carboxylic acids is 1. The number of halogens is 1. The van der Waals surface area contributed by atoms with Crippen molar-refractivity contribution in [3.05, 3.63) is 33.4 Å². The fourth-order valence-electron chi connectivity index (χ4n) is 1.81. The van der Waals surface area contributed by atoms with Gasteiger partial charge in [0.1, 0.15) is 5.60 Å². The number of rotatable bonds is 5. The van der Waals surface area contributed by atoms with Crippen LogP contribution in [-0.2, 0) is 20.7 Å². The minimum absolute atomic E-state index is 0.0185. The molecule has 0 aliphatic rings. The number of likely N-dealkylation sites (N-methyl/N-ethyl adjacent to an activating group) is 1. The van der Waals surface area contributed by atoms with Crippen LogP contribution in [0.5, 0.6) is 0 Å². The lowest BCUT2D eigenvalue weighted by molar-refractivity contribution is -0.170. The number of benzene rings is 1. The van der Waals surface area contributed by atoms with Gasteiger partial charge in [-0.05, 0) is 68.1 Å². The zero-order valence-electron chi connectivity index (χ0n) is 12.6. The molecule has 1 aromatic carbocycles. The summed E-state index contributed by atoms with van der Waals surface area (Å²) in [5, 5.41) is 12.2. The van der Waals surface area contributed by atoms with E-state index in [1.807, 2.05) is 12.1 Å². The van der Waals surface area contributed by atoms with E-state index in [1.54, 1.807) is 32.9 Å². The molecule has 0 unspecified atom stereocenters. The number of carbonyl (C=O) groups excluding carboxylic acids is 1. The fraction of sp³-hybridized carbons (Fsp3) is 0.467. The van der Waals surface area contributed by atoms with Crippen LogP contribution in [0.25, 0.3) is 0 Å². The van der Waals surface area contributed by atoms with Crippen LogP contribution in [0.2, 0.25) is 0 Å². The Morgan fingerprint density at radius 3 is 2.14 bits per heavy atom. The molecule has 0 aliphatic carbocycles. The van der Waals surface area contributed by atoms with Gasteiger partial charge in [0, 0.05) is 9.99 Å². The van der Waals surface area contributed by atoms with Gasteiger partial charge in [0.2, 0.25) is 5.54 Å². The van der Waals surface area contributed by atoms with Crippen LogP contribution < -0.4 is 5.32 Å². The third-order valence-electron chi connectivity index (χ3n) is 2.92. The summed E-state index contributed by atoms with van der Waals surface area (Å²) in [7, 11) is 1.45. The zero-order chi connectivity index (χ0) is 16.3. The molecule has 0 amide bonds. The SMILES string of the molecule is CN[C@@](Cc1ccc(I)cc1)(C(=O)O)C(=O)OC(C)(C)C. The van der Waals surface area contributed by atoms with E-state index in [1.165, 1.54) is 7.05 Å². The van der Waals surface area contributed by atoms with Gasteiger partial charge in [0.25, 0.3) is 0 Å². The van der Waals surface area contributed by atoms with Gasteiger partial charge < -0.3 is 9.84 Å². The lowest BCUT2D eigenvalue weighted by atomic mass is 9.90. The van der Waals surface area contributed by atoms with Gasteiger partial charge in [-0.3, -0.25) is 5.32 Å². The summed E-state index contributed by atoms with van der Waals surface area (Å²) in [6, 6.07) is 7.35. The summed E-state index contributed by atoms with van der Waals surface area (Å²) in [6.45, 7) is 5.12. The first-order chi connectivity index (χ1) is 9.60. The number of carboxylic acids is 1. The van der Waals surface area contributed by atoms with Crippen molar-refractivity contribution in [2.45, 2.75) is 38.3 Å². The first-order valence-corrected chi connectivity index (χ1v) is 7.59. The molecule has 2 N–H and O–H groups in total. The predicted octanol–water partition coefficient (Wildman–Crippen LogP) is 2.22. The van der Waals surface area contributed by atoms with Crippen LogP contribution in [0.15, 0.2) is 24.3 Å². The molecule has 6 heteroatoms. The van der Waals surface area contributed by atoms with Gasteiger partial charge in [-0.2, -0.15) is 0 Å². The summed E-state index contributed by atoms with van der Waals surface area (Å²) in [4.78, 5) is 24.0. The minimum atomic E-state index is -1.79. The van der Waals surface area contributed by atoms with Gasteiger partial charge in [0.15, 0.2) is 0 Å². The maximum Gasteiger partial charge on any atom is 0.338 e. The molecule has 0 bridgehead atoms. The third-order valence-corrected chi connectivity index (χ3v) is 3.64. The van der Waals surface area contributed by atoms with E-state index in [0.717, 1.165) is 9.13 Å². The minimum Gasteiger partial charge on any atom is -0.479 e. The number of nitrogens with one attached hydrogen (secondary N) is 1. The Morgan fingerprint density at radius 2 is 1.76 bits per heavy atom. The molecule has 0 spiro atoms. The lowest BCUT2D eigenvalue weighted by Crippen LogP contribution is -2.60. The molecule has 21 heavy (non-hydrogen) atoms. The highest BCUT2D eigenvalue weighted by Crippen LogP contribution is 2.20. The van der Waals surface area contributed by atoms with Gasteiger partial charge in [-0.1, -0.05) is 12.1 Å². The first-order valence-electron chi connectivity index (χ1n) is 6.51. The molecular formula is C15H20INO4. The van der Waals surface area contributed by atoms with Crippen molar-refractivity contribution in [3.8, 4) is 0 Å². The van der Waals surface area contributed by atoms with E-state index < -0.39 is 23.1 Å². The van der Waals surface area contributed by atoms with Crippen LogP contribution >= 0.6 is 22.6 Å². The van der Waals surface area contributed by atoms with E-state index in [4.69, 9.17) is 4.74 Å². The Bertz CT molecular complexity index is 521. The Labute approximate surface area is 138 Å². The zero-order valence-corrected chi connectivity index (χ0v) is 14.7. The second-order valence-corrected chi connectivity index (χ2v) is 7.01. The van der Waals surface area contributed by atoms with Crippen molar-refractivity contribution in [3.63, 3.8) is 0 Å². The summed E-state index contributed by atoms with van der Waals surface area (Å²) in [5.74, 6) is -2.04. The smallest absolute Gasteiger partial charge is 0.338 e. The second-order valence-electron chi connectivity index (χ2n) is 5.77. The van der Waals surface area contributed by atoms with Crippen LogP contribution in [0.3, 0.4) is 0 Å². The molecule has 0 aromatic heterocycles. The van der Waals surface area contributed by atoms with Gasteiger partial charge >= 0.3 is 11.9 Å². The summed E-state index contributed by atoms with van der Waals surface area (Å²) < 4.78 is 6.31. The van der Waals surface area contributed by atoms with Crippen LogP contribution in [-0.4, -0.2) is 35.2 Å². The van der Waals surface area contributed by atoms with E-state index >= 15 is 0 Å². The molecular weight excluding hydrogens is 385 g/mol. The Hall–Kier alpha value is -1.15. The molecule has 116 valence electrons. The van der Waals surface area contributed by atoms with E-state index in [0.29, 0.717) is 0 Å². The van der Waals surface area contributed by atoms with Crippen molar-refractivity contribution in [1.29, 1.82) is 0 Å². The maximum atomic E-state index is 12.4. The van der Waals surface area contributed by atoms with Crippen molar-refractivity contribution in [2.24, 2.45) is 0 Å². The fourth-order valence-corrected chi connectivity index (χ4v) is 2.17. The summed E-state index contributed by atoms with van der Waals surface area (Å²) in [6.07, 6.45) is 0.0185. The number of carboxylic acid groups (broad SMARTS) is 1. The highest BCUT2D eigenvalue weighted by atomic mass is 127. The first kappa shape index (κ1) is 17.9. The van der Waals surface area contributed by atoms with Crippen molar-refractivity contribution < 1.29 is 19.4 Å². The number of ether oxygens (including phenoxy) is 1. The van der Waals surface area contributed by atoms with E-state index in [2.05, 4.69) is 27.9 Å². The van der Waals surface area contributed by atoms with Gasteiger partial charge in [-0.15, -0.1) is 0 Å². The van der Waals surface area contributed by atoms with E-state index in [-0.39, 0.29) is 6.42 Å². The summed E-state index contributed by atoms with van der Waals surface area (Å²) >= 11 is 2.16. The topological polar surface area (TPSA) is 75.6 Å². The number of hydrogen-bond acceptors (Lipinski definition) is 4. The Balaban J connectivity index is 3.12. The number of hydrogen-bond donors (Lipinski definition) is 2. The average Bonchev–Trinajstić information content (AvgIpc) is 2.35. The predicted molar refractivity (Wildman–Crippen MR) is 88.1 cm³/mol. The molecule has 0 radical (unpaired) electrons. The quantitative estimate of drug-likeness (QED) is 0.447.